The highest BCUT2D eigenvalue weighted by atomic mass is 16.2. The van der Waals surface area contributed by atoms with E-state index in [-0.39, 0.29) is 29.2 Å². The number of hydrogen-bond donors (Lipinski definition) is 2. The van der Waals surface area contributed by atoms with Crippen molar-refractivity contribution in [2.45, 2.75) is 45.6 Å². The summed E-state index contributed by atoms with van der Waals surface area (Å²) in [5.41, 5.74) is 1.71. The average Bonchev–Trinajstić information content (AvgIpc) is 3.33. The first-order valence-corrected chi connectivity index (χ1v) is 10.6. The quantitative estimate of drug-likeness (QED) is 0.813. The lowest BCUT2D eigenvalue weighted by atomic mass is 9.61. The van der Waals surface area contributed by atoms with Crippen LogP contribution in [0.25, 0.3) is 0 Å². The second-order valence-electron chi connectivity index (χ2n) is 9.41. The summed E-state index contributed by atoms with van der Waals surface area (Å²) < 4.78 is 2.08. The maximum atomic E-state index is 13.0. The number of hydrogen-bond acceptors (Lipinski definition) is 3. The number of likely N-dealkylation sites (tertiary alicyclic amines) is 1. The van der Waals surface area contributed by atoms with E-state index in [0.29, 0.717) is 19.0 Å². The molecule has 2 amide bonds. The van der Waals surface area contributed by atoms with Crippen molar-refractivity contribution in [2.75, 3.05) is 19.6 Å². The Kier molecular flexibility index (Phi) is 5.23. The molecule has 3 atom stereocenters. The van der Waals surface area contributed by atoms with Crippen molar-refractivity contribution in [1.82, 2.24) is 25.0 Å². The van der Waals surface area contributed by atoms with Gasteiger partial charge in [0.25, 0.3) is 5.91 Å². The number of fused-ring (bicyclic) bond motifs is 1. The highest BCUT2D eigenvalue weighted by molar-refractivity contribution is 5.94. The van der Waals surface area contributed by atoms with Crippen LogP contribution < -0.4 is 5.32 Å². The topological polar surface area (TPSA) is 83.0 Å². The van der Waals surface area contributed by atoms with E-state index in [1.165, 1.54) is 0 Å². The first-order chi connectivity index (χ1) is 13.8. The number of H-pyrrole nitrogens is 1. The zero-order chi connectivity index (χ0) is 20.6. The molecule has 156 valence electrons. The van der Waals surface area contributed by atoms with Crippen molar-refractivity contribution in [3.05, 3.63) is 42.0 Å². The molecule has 1 aliphatic heterocycles. The molecule has 2 N–H and O–H groups in total. The van der Waals surface area contributed by atoms with E-state index < -0.39 is 0 Å². The molecule has 0 radical (unpaired) electrons. The molecule has 0 spiro atoms. The SMILES string of the molecule is CC(C)(C)n1ccc(C(=O)N2CC[C@@H]3C[C@@H](C(=O)NCCc4ccn[nH]4)[C@@H]3C2)c1. The summed E-state index contributed by atoms with van der Waals surface area (Å²) in [6.45, 7) is 8.44. The predicted octanol–water partition coefficient (Wildman–Crippen LogP) is 2.42. The van der Waals surface area contributed by atoms with Gasteiger partial charge in [-0.2, -0.15) is 5.10 Å². The fourth-order valence-corrected chi connectivity index (χ4v) is 4.57. The maximum absolute atomic E-state index is 13.0. The molecule has 7 heteroatoms. The third kappa shape index (κ3) is 4.09. The lowest BCUT2D eigenvalue weighted by Crippen LogP contribution is -2.56. The number of nitrogens with one attached hydrogen (secondary N) is 2. The van der Waals surface area contributed by atoms with Crippen LogP contribution in [0.2, 0.25) is 0 Å². The van der Waals surface area contributed by atoms with E-state index in [4.69, 9.17) is 0 Å². The second kappa shape index (κ2) is 7.69. The van der Waals surface area contributed by atoms with Gasteiger partial charge >= 0.3 is 0 Å². The van der Waals surface area contributed by atoms with E-state index in [1.54, 1.807) is 6.20 Å². The molecule has 2 aromatic rings. The Balaban J connectivity index is 1.32. The molecule has 0 bridgehead atoms. The number of aromatic nitrogens is 3. The molecule has 7 nitrogen and oxygen atoms in total. The number of amides is 2. The minimum atomic E-state index is -0.0428. The minimum Gasteiger partial charge on any atom is -0.355 e. The van der Waals surface area contributed by atoms with Gasteiger partial charge in [0.2, 0.25) is 5.91 Å². The van der Waals surface area contributed by atoms with Crippen molar-refractivity contribution >= 4 is 11.8 Å². The number of carbonyl (C=O) groups excluding carboxylic acids is 2. The molecule has 3 heterocycles. The summed E-state index contributed by atoms with van der Waals surface area (Å²) in [6.07, 6.45) is 8.32. The Morgan fingerprint density at radius 2 is 2.14 bits per heavy atom. The van der Waals surface area contributed by atoms with Crippen LogP contribution in [0.15, 0.2) is 30.7 Å². The average molecular weight is 398 g/mol. The van der Waals surface area contributed by atoms with Gasteiger partial charge in [-0.1, -0.05) is 0 Å². The van der Waals surface area contributed by atoms with Gasteiger partial charge < -0.3 is 14.8 Å². The molecule has 0 aromatic carbocycles. The third-order valence-corrected chi connectivity index (χ3v) is 6.47. The normalized spacial score (nSPS) is 24.0. The van der Waals surface area contributed by atoms with Gasteiger partial charge in [0.15, 0.2) is 0 Å². The van der Waals surface area contributed by atoms with Gasteiger partial charge in [-0.05, 0) is 57.6 Å². The first kappa shape index (κ1) is 19.7. The molecule has 2 aromatic heterocycles. The molecule has 1 saturated heterocycles. The summed E-state index contributed by atoms with van der Waals surface area (Å²) in [7, 11) is 0. The summed E-state index contributed by atoms with van der Waals surface area (Å²) in [4.78, 5) is 27.6. The molecule has 4 rings (SSSR count). The van der Waals surface area contributed by atoms with Crippen LogP contribution in [0.3, 0.4) is 0 Å². The van der Waals surface area contributed by atoms with Gasteiger partial charge in [0, 0.05) is 61.8 Å². The first-order valence-electron chi connectivity index (χ1n) is 10.6. The minimum absolute atomic E-state index is 0.0246. The van der Waals surface area contributed by atoms with Crippen LogP contribution in [0.5, 0.6) is 0 Å². The van der Waals surface area contributed by atoms with Crippen molar-refractivity contribution in [3.8, 4) is 0 Å². The largest absolute Gasteiger partial charge is 0.355 e. The fraction of sp³-hybridized carbons (Fsp3) is 0.591. The lowest BCUT2D eigenvalue weighted by molar-refractivity contribution is -0.136. The Morgan fingerprint density at radius 1 is 1.31 bits per heavy atom. The monoisotopic (exact) mass is 397 g/mol. The molecule has 0 unspecified atom stereocenters. The van der Waals surface area contributed by atoms with Crippen molar-refractivity contribution in [2.24, 2.45) is 17.8 Å². The lowest BCUT2D eigenvalue weighted by Gasteiger charge is -2.50. The van der Waals surface area contributed by atoms with Crippen molar-refractivity contribution < 1.29 is 9.59 Å². The molecule has 2 aliphatic rings. The Labute approximate surface area is 171 Å². The van der Waals surface area contributed by atoms with E-state index in [2.05, 4.69) is 40.9 Å². The van der Waals surface area contributed by atoms with Crippen LogP contribution in [-0.2, 0) is 16.8 Å². The molecular formula is C22H31N5O2. The van der Waals surface area contributed by atoms with Crippen molar-refractivity contribution in [3.63, 3.8) is 0 Å². The van der Waals surface area contributed by atoms with Gasteiger partial charge in [-0.15, -0.1) is 0 Å². The maximum Gasteiger partial charge on any atom is 0.255 e. The summed E-state index contributed by atoms with van der Waals surface area (Å²) in [6, 6.07) is 3.82. The van der Waals surface area contributed by atoms with Gasteiger partial charge in [0.05, 0.1) is 5.56 Å². The molecule has 1 saturated carbocycles. The summed E-state index contributed by atoms with van der Waals surface area (Å²) >= 11 is 0. The fourth-order valence-electron chi connectivity index (χ4n) is 4.57. The number of nitrogens with zero attached hydrogens (tertiary/aromatic N) is 3. The zero-order valence-electron chi connectivity index (χ0n) is 17.5. The molecule has 1 aliphatic carbocycles. The highest BCUT2D eigenvalue weighted by Crippen LogP contribution is 2.45. The predicted molar refractivity (Wildman–Crippen MR) is 110 cm³/mol. The van der Waals surface area contributed by atoms with Crippen LogP contribution >= 0.6 is 0 Å². The number of aromatic amines is 1. The van der Waals surface area contributed by atoms with Gasteiger partial charge in [0.1, 0.15) is 0 Å². The highest BCUT2D eigenvalue weighted by Gasteiger charge is 2.48. The second-order valence-corrected chi connectivity index (χ2v) is 9.41. The molecular weight excluding hydrogens is 366 g/mol. The van der Waals surface area contributed by atoms with Crippen molar-refractivity contribution in [1.29, 1.82) is 0 Å². The Bertz CT molecular complexity index is 864. The van der Waals surface area contributed by atoms with Crippen LogP contribution in [-0.4, -0.2) is 51.1 Å². The molecule has 2 fully saturated rings. The van der Waals surface area contributed by atoms with Crippen LogP contribution in [0, 0.1) is 17.8 Å². The van der Waals surface area contributed by atoms with Gasteiger partial charge in [-0.3, -0.25) is 14.7 Å². The standard InChI is InChI=1S/C22H31N5O2/c1-22(2,3)27-11-7-16(13-27)21(29)26-10-6-15-12-18(19(15)14-26)20(28)23-8-4-17-5-9-24-25-17/h5,7,9,11,13,15,18-19H,4,6,8,10,12,14H2,1-3H3,(H,23,28)(H,24,25)/t15-,18-,19-/m1/s1. The van der Waals surface area contributed by atoms with E-state index >= 15 is 0 Å². The number of rotatable bonds is 5. The zero-order valence-corrected chi connectivity index (χ0v) is 17.5. The number of piperidine rings is 1. The van der Waals surface area contributed by atoms with E-state index in [9.17, 15) is 9.59 Å². The smallest absolute Gasteiger partial charge is 0.255 e. The molecule has 29 heavy (non-hydrogen) atoms. The van der Waals surface area contributed by atoms with Crippen LogP contribution in [0.4, 0.5) is 0 Å². The van der Waals surface area contributed by atoms with Gasteiger partial charge in [-0.25, -0.2) is 0 Å². The van der Waals surface area contributed by atoms with Crippen LogP contribution in [0.1, 0.15) is 49.7 Å². The Morgan fingerprint density at radius 3 is 2.83 bits per heavy atom. The van der Waals surface area contributed by atoms with E-state index in [1.807, 2.05) is 29.4 Å². The number of carbonyl (C=O) groups is 2. The third-order valence-electron chi connectivity index (χ3n) is 6.47. The Hall–Kier alpha value is -2.57. The summed E-state index contributed by atoms with van der Waals surface area (Å²) in [5, 5.41) is 9.89. The summed E-state index contributed by atoms with van der Waals surface area (Å²) in [5.74, 6) is 1.08. The van der Waals surface area contributed by atoms with E-state index in [0.717, 1.165) is 37.1 Å².